The molecule has 0 unspecified atom stereocenters. The first-order chi connectivity index (χ1) is 7.75. The Morgan fingerprint density at radius 2 is 1.62 bits per heavy atom. The first kappa shape index (κ1) is 9.95. The number of rotatable bonds is 2. The van der Waals surface area contributed by atoms with Gasteiger partial charge >= 0.3 is 0 Å². The van der Waals surface area contributed by atoms with Gasteiger partial charge in [0.05, 0.1) is 0 Å². The zero-order valence-electron chi connectivity index (χ0n) is 10.0. The van der Waals surface area contributed by atoms with Crippen molar-refractivity contribution >= 4 is 5.69 Å². The second-order valence-electron chi connectivity index (χ2n) is 5.14. The van der Waals surface area contributed by atoms with Gasteiger partial charge in [0.15, 0.2) is 0 Å². The lowest BCUT2D eigenvalue weighted by molar-refractivity contribution is 0.898. The molecule has 16 heavy (non-hydrogen) atoms. The molecule has 0 heterocycles. The van der Waals surface area contributed by atoms with Crippen LogP contribution in [0.5, 0.6) is 0 Å². The average Bonchev–Trinajstić information content (AvgIpc) is 2.83. The Morgan fingerprint density at radius 3 is 2.12 bits per heavy atom. The zero-order valence-corrected chi connectivity index (χ0v) is 10.0. The van der Waals surface area contributed by atoms with Gasteiger partial charge in [-0.25, -0.2) is 0 Å². The van der Waals surface area contributed by atoms with Crippen LogP contribution in [0.3, 0.4) is 0 Å². The van der Waals surface area contributed by atoms with Crippen LogP contribution < -0.4 is 5.32 Å². The number of anilines is 1. The molecule has 0 saturated carbocycles. The normalized spacial score (nSPS) is 17.1. The smallest absolute Gasteiger partial charge is 0.0452 e. The summed E-state index contributed by atoms with van der Waals surface area (Å²) in [6.45, 7) is 6.04. The first-order valence-corrected chi connectivity index (χ1v) is 6.35. The minimum Gasteiger partial charge on any atom is -0.359 e. The molecule has 0 atom stereocenters. The second kappa shape index (κ2) is 3.65. The minimum absolute atomic E-state index is 1.06. The van der Waals surface area contributed by atoms with Gasteiger partial charge in [-0.3, -0.25) is 0 Å². The Kier molecular flexibility index (Phi) is 2.27. The second-order valence-corrected chi connectivity index (χ2v) is 5.14. The highest BCUT2D eigenvalue weighted by Crippen LogP contribution is 2.38. The molecule has 3 rings (SSSR count). The number of hydrogen-bond donors (Lipinski definition) is 1. The van der Waals surface area contributed by atoms with E-state index in [2.05, 4.69) is 24.9 Å². The lowest BCUT2D eigenvalue weighted by Crippen LogP contribution is -2.03. The molecule has 2 aliphatic carbocycles. The van der Waals surface area contributed by atoms with Gasteiger partial charge in [0, 0.05) is 11.4 Å². The fourth-order valence-electron chi connectivity index (χ4n) is 3.18. The maximum absolute atomic E-state index is 3.99. The van der Waals surface area contributed by atoms with E-state index in [9.17, 15) is 0 Å². The summed E-state index contributed by atoms with van der Waals surface area (Å²) >= 11 is 0. The van der Waals surface area contributed by atoms with Crippen LogP contribution in [0.15, 0.2) is 18.3 Å². The van der Waals surface area contributed by atoms with Crippen molar-refractivity contribution < 1.29 is 0 Å². The molecule has 0 aromatic heterocycles. The molecule has 1 nitrogen and oxygen atoms in total. The van der Waals surface area contributed by atoms with E-state index in [0.717, 1.165) is 5.70 Å². The van der Waals surface area contributed by atoms with Gasteiger partial charge in [0.25, 0.3) is 0 Å². The standard InChI is InChI=1S/C15H19N/c1-10(2)16-15-13-7-3-5-11(13)9-12-6-4-8-14(12)15/h9,16H,1,3-8H2,2H3. The highest BCUT2D eigenvalue weighted by molar-refractivity contribution is 5.67. The van der Waals surface area contributed by atoms with Crippen LogP contribution in [-0.2, 0) is 25.7 Å². The van der Waals surface area contributed by atoms with Gasteiger partial charge in [-0.05, 0) is 67.7 Å². The molecular weight excluding hydrogens is 194 g/mol. The van der Waals surface area contributed by atoms with E-state index < -0.39 is 0 Å². The van der Waals surface area contributed by atoms with Crippen molar-refractivity contribution in [3.8, 4) is 0 Å². The molecule has 0 radical (unpaired) electrons. The van der Waals surface area contributed by atoms with Gasteiger partial charge in [-0.2, -0.15) is 0 Å². The summed E-state index contributed by atoms with van der Waals surface area (Å²) in [7, 11) is 0. The Balaban J connectivity index is 2.15. The number of nitrogens with one attached hydrogen (secondary N) is 1. The van der Waals surface area contributed by atoms with E-state index in [0.29, 0.717) is 0 Å². The van der Waals surface area contributed by atoms with Gasteiger partial charge in [0.1, 0.15) is 0 Å². The lowest BCUT2D eigenvalue weighted by atomic mass is 9.98. The van der Waals surface area contributed by atoms with Gasteiger partial charge < -0.3 is 5.32 Å². The van der Waals surface area contributed by atoms with Crippen molar-refractivity contribution in [1.82, 2.24) is 0 Å². The van der Waals surface area contributed by atoms with E-state index in [1.807, 2.05) is 0 Å². The van der Waals surface area contributed by atoms with Crippen molar-refractivity contribution in [3.63, 3.8) is 0 Å². The predicted octanol–water partition coefficient (Wildman–Crippen LogP) is 3.61. The van der Waals surface area contributed by atoms with Crippen molar-refractivity contribution in [2.45, 2.75) is 45.4 Å². The van der Waals surface area contributed by atoms with Crippen LogP contribution in [0.4, 0.5) is 5.69 Å². The molecular formula is C15H19N. The third-order valence-electron chi connectivity index (χ3n) is 3.81. The molecule has 0 bridgehead atoms. The number of benzene rings is 1. The summed E-state index contributed by atoms with van der Waals surface area (Å²) in [6.07, 6.45) is 7.68. The molecule has 84 valence electrons. The molecule has 0 amide bonds. The Morgan fingerprint density at radius 1 is 1.06 bits per heavy atom. The molecule has 1 N–H and O–H groups in total. The molecule has 0 fully saturated rings. The van der Waals surface area contributed by atoms with E-state index in [4.69, 9.17) is 0 Å². The van der Waals surface area contributed by atoms with Crippen molar-refractivity contribution in [2.24, 2.45) is 0 Å². The number of aryl methyl sites for hydroxylation is 2. The monoisotopic (exact) mass is 213 g/mol. The summed E-state index contributed by atoms with van der Waals surface area (Å²) in [5.74, 6) is 0. The molecule has 1 heteroatoms. The van der Waals surface area contributed by atoms with Crippen LogP contribution >= 0.6 is 0 Å². The average molecular weight is 213 g/mol. The summed E-state index contributed by atoms with van der Waals surface area (Å²) in [6, 6.07) is 2.47. The number of allylic oxidation sites excluding steroid dienone is 1. The summed E-state index contributed by atoms with van der Waals surface area (Å²) in [4.78, 5) is 0. The molecule has 2 aliphatic rings. The Labute approximate surface area is 97.6 Å². The number of fused-ring (bicyclic) bond motifs is 2. The van der Waals surface area contributed by atoms with Gasteiger partial charge in [0.2, 0.25) is 0 Å². The summed E-state index contributed by atoms with van der Waals surface area (Å²) in [5.41, 5.74) is 8.80. The first-order valence-electron chi connectivity index (χ1n) is 6.35. The SMILES string of the molecule is C=C(C)Nc1c2c(cc3c1CCC3)CCC2. The molecule has 0 spiro atoms. The minimum atomic E-state index is 1.06. The zero-order chi connectivity index (χ0) is 11.1. The fourth-order valence-corrected chi connectivity index (χ4v) is 3.18. The lowest BCUT2D eigenvalue weighted by Gasteiger charge is -2.16. The Hall–Kier alpha value is -1.24. The van der Waals surface area contributed by atoms with E-state index in [-0.39, 0.29) is 0 Å². The highest BCUT2D eigenvalue weighted by Gasteiger charge is 2.23. The largest absolute Gasteiger partial charge is 0.359 e. The van der Waals surface area contributed by atoms with Crippen molar-refractivity contribution in [1.29, 1.82) is 0 Å². The summed E-state index contributed by atoms with van der Waals surface area (Å²) < 4.78 is 0. The van der Waals surface area contributed by atoms with E-state index in [1.165, 1.54) is 44.2 Å². The molecule has 0 saturated heterocycles. The maximum atomic E-state index is 3.99. The topological polar surface area (TPSA) is 12.0 Å². The quantitative estimate of drug-likeness (QED) is 0.791. The van der Waals surface area contributed by atoms with Gasteiger partial charge in [-0.1, -0.05) is 12.6 Å². The molecule has 0 aliphatic heterocycles. The highest BCUT2D eigenvalue weighted by atomic mass is 14.9. The van der Waals surface area contributed by atoms with Crippen molar-refractivity contribution in [2.75, 3.05) is 5.32 Å². The molecule has 1 aromatic rings. The predicted molar refractivity (Wildman–Crippen MR) is 68.9 cm³/mol. The Bertz CT molecular complexity index is 425. The van der Waals surface area contributed by atoms with Crippen LogP contribution in [0.2, 0.25) is 0 Å². The summed E-state index contributed by atoms with van der Waals surface area (Å²) in [5, 5.41) is 3.51. The van der Waals surface area contributed by atoms with E-state index >= 15 is 0 Å². The van der Waals surface area contributed by atoms with Crippen LogP contribution in [0.1, 0.15) is 42.0 Å². The number of hydrogen-bond acceptors (Lipinski definition) is 1. The van der Waals surface area contributed by atoms with Gasteiger partial charge in [-0.15, -0.1) is 0 Å². The third-order valence-corrected chi connectivity index (χ3v) is 3.81. The van der Waals surface area contributed by atoms with Crippen LogP contribution in [-0.4, -0.2) is 0 Å². The fraction of sp³-hybridized carbons (Fsp3) is 0.467. The van der Waals surface area contributed by atoms with E-state index in [1.54, 1.807) is 22.3 Å². The van der Waals surface area contributed by atoms with Crippen LogP contribution in [0.25, 0.3) is 0 Å². The van der Waals surface area contributed by atoms with Crippen LogP contribution in [0, 0.1) is 0 Å². The maximum Gasteiger partial charge on any atom is 0.0452 e. The van der Waals surface area contributed by atoms with Crippen molar-refractivity contribution in [3.05, 3.63) is 40.6 Å². The third kappa shape index (κ3) is 1.46. The molecule has 1 aromatic carbocycles.